The minimum absolute atomic E-state index is 0.262. The van der Waals surface area contributed by atoms with Crippen LogP contribution in [0.5, 0.6) is 0 Å². The second-order valence-electron chi connectivity index (χ2n) is 7.06. The van der Waals surface area contributed by atoms with Crippen molar-refractivity contribution in [3.8, 4) is 0 Å². The molecule has 22 heavy (non-hydrogen) atoms. The first kappa shape index (κ1) is 14.3. The van der Waals surface area contributed by atoms with Gasteiger partial charge in [-0.1, -0.05) is 0 Å². The first-order chi connectivity index (χ1) is 10.7. The van der Waals surface area contributed by atoms with Gasteiger partial charge in [-0.25, -0.2) is 0 Å². The molecule has 3 fully saturated rings. The number of nitrogens with zero attached hydrogens (tertiary/aromatic N) is 2. The molecule has 1 aromatic heterocycles. The van der Waals surface area contributed by atoms with Crippen LogP contribution in [0.2, 0.25) is 0 Å². The first-order valence-corrected chi connectivity index (χ1v) is 8.46. The molecule has 1 amide bonds. The van der Waals surface area contributed by atoms with E-state index in [1.54, 1.807) is 6.26 Å². The summed E-state index contributed by atoms with van der Waals surface area (Å²) < 4.78 is 5.45. The first-order valence-electron chi connectivity index (χ1n) is 8.46. The Bertz CT molecular complexity index is 522. The van der Waals surface area contributed by atoms with Gasteiger partial charge in [0, 0.05) is 25.2 Å². The summed E-state index contributed by atoms with van der Waals surface area (Å²) in [6.07, 6.45) is 7.38. The highest BCUT2D eigenvalue weighted by Gasteiger charge is 2.50. The fourth-order valence-electron chi connectivity index (χ4n) is 4.54. The molecule has 3 aliphatic heterocycles. The third-order valence-corrected chi connectivity index (χ3v) is 5.67. The van der Waals surface area contributed by atoms with Crippen LogP contribution in [-0.4, -0.2) is 52.5 Å². The van der Waals surface area contributed by atoms with E-state index in [4.69, 9.17) is 4.42 Å². The van der Waals surface area contributed by atoms with Crippen molar-refractivity contribution in [3.63, 3.8) is 0 Å². The molecule has 5 heteroatoms. The summed E-state index contributed by atoms with van der Waals surface area (Å²) in [7, 11) is 0. The zero-order valence-corrected chi connectivity index (χ0v) is 12.9. The Morgan fingerprint density at radius 2 is 1.95 bits per heavy atom. The highest BCUT2D eigenvalue weighted by atomic mass is 16.4. The van der Waals surface area contributed by atoms with E-state index in [2.05, 4.69) is 4.90 Å². The van der Waals surface area contributed by atoms with Crippen LogP contribution in [0.1, 0.15) is 44.3 Å². The maximum Gasteiger partial charge on any atom is 0.236 e. The number of amides is 1. The predicted octanol–water partition coefficient (Wildman–Crippen LogP) is 1.72. The SMILES string of the molecule is O=C(CN1[C@H]2CC[C@H]1CC(O)(c1ccco1)C2)N1CCCC1. The highest BCUT2D eigenvalue weighted by molar-refractivity contribution is 5.78. The van der Waals surface area contributed by atoms with Crippen molar-refractivity contribution in [3.05, 3.63) is 24.2 Å². The molecule has 4 heterocycles. The maximum atomic E-state index is 12.4. The van der Waals surface area contributed by atoms with Gasteiger partial charge in [0.2, 0.25) is 5.91 Å². The van der Waals surface area contributed by atoms with Gasteiger partial charge in [0.15, 0.2) is 0 Å². The summed E-state index contributed by atoms with van der Waals surface area (Å²) in [5, 5.41) is 11.0. The van der Waals surface area contributed by atoms with E-state index >= 15 is 0 Å². The van der Waals surface area contributed by atoms with Gasteiger partial charge < -0.3 is 14.4 Å². The predicted molar refractivity (Wildman–Crippen MR) is 81.2 cm³/mol. The van der Waals surface area contributed by atoms with Crippen LogP contribution in [0.4, 0.5) is 0 Å². The van der Waals surface area contributed by atoms with Gasteiger partial charge in [-0.3, -0.25) is 9.69 Å². The lowest BCUT2D eigenvalue weighted by molar-refractivity contribution is -0.135. The quantitative estimate of drug-likeness (QED) is 0.924. The lowest BCUT2D eigenvalue weighted by atomic mass is 9.84. The van der Waals surface area contributed by atoms with Crippen LogP contribution >= 0.6 is 0 Å². The van der Waals surface area contributed by atoms with E-state index in [0.717, 1.165) is 38.8 Å². The lowest BCUT2D eigenvalue weighted by Crippen LogP contribution is -2.52. The minimum atomic E-state index is -0.859. The van der Waals surface area contributed by atoms with Crippen molar-refractivity contribution in [1.82, 2.24) is 9.80 Å². The Labute approximate surface area is 130 Å². The Morgan fingerprint density at radius 1 is 1.27 bits per heavy atom. The number of hydrogen-bond acceptors (Lipinski definition) is 4. The number of rotatable bonds is 3. The molecule has 2 atom stereocenters. The van der Waals surface area contributed by atoms with E-state index in [1.807, 2.05) is 17.0 Å². The fraction of sp³-hybridized carbons (Fsp3) is 0.706. The van der Waals surface area contributed by atoms with Crippen LogP contribution in [0.3, 0.4) is 0 Å². The normalized spacial score (nSPS) is 35.2. The van der Waals surface area contributed by atoms with Gasteiger partial charge in [-0.05, 0) is 50.7 Å². The van der Waals surface area contributed by atoms with E-state index in [1.165, 1.54) is 0 Å². The topological polar surface area (TPSA) is 56.9 Å². The van der Waals surface area contributed by atoms with Gasteiger partial charge in [-0.2, -0.15) is 0 Å². The molecule has 5 nitrogen and oxygen atoms in total. The number of carbonyl (C=O) groups excluding carboxylic acids is 1. The maximum absolute atomic E-state index is 12.4. The number of furan rings is 1. The molecule has 3 aliphatic rings. The monoisotopic (exact) mass is 304 g/mol. The second-order valence-corrected chi connectivity index (χ2v) is 7.06. The third-order valence-electron chi connectivity index (χ3n) is 5.67. The molecule has 0 radical (unpaired) electrons. The van der Waals surface area contributed by atoms with Crippen LogP contribution < -0.4 is 0 Å². The summed E-state index contributed by atoms with van der Waals surface area (Å²) in [5.74, 6) is 0.938. The fourth-order valence-corrected chi connectivity index (χ4v) is 4.54. The molecular formula is C17H24N2O3. The summed E-state index contributed by atoms with van der Waals surface area (Å²) in [6.45, 7) is 2.35. The summed E-state index contributed by atoms with van der Waals surface area (Å²) in [4.78, 5) is 16.7. The van der Waals surface area contributed by atoms with Gasteiger partial charge in [0.1, 0.15) is 11.4 Å². The third kappa shape index (κ3) is 2.36. The van der Waals surface area contributed by atoms with Crippen molar-refractivity contribution in [2.24, 2.45) is 0 Å². The van der Waals surface area contributed by atoms with Crippen molar-refractivity contribution >= 4 is 5.91 Å². The zero-order valence-electron chi connectivity index (χ0n) is 12.9. The molecule has 2 bridgehead atoms. The average Bonchev–Trinajstić information content (AvgIpc) is 3.22. The van der Waals surface area contributed by atoms with Gasteiger partial charge >= 0.3 is 0 Å². The van der Waals surface area contributed by atoms with Crippen molar-refractivity contribution < 1.29 is 14.3 Å². The zero-order chi connectivity index (χ0) is 15.2. The van der Waals surface area contributed by atoms with Crippen LogP contribution in [0, 0.1) is 0 Å². The molecule has 1 aromatic rings. The van der Waals surface area contributed by atoms with E-state index < -0.39 is 5.60 Å². The van der Waals surface area contributed by atoms with Crippen molar-refractivity contribution in [2.75, 3.05) is 19.6 Å². The molecular weight excluding hydrogens is 280 g/mol. The lowest BCUT2D eigenvalue weighted by Gasteiger charge is -2.42. The molecule has 0 spiro atoms. The van der Waals surface area contributed by atoms with Crippen LogP contribution in [-0.2, 0) is 10.4 Å². The molecule has 3 saturated heterocycles. The summed E-state index contributed by atoms with van der Waals surface area (Å²) >= 11 is 0. The van der Waals surface area contributed by atoms with E-state index in [-0.39, 0.29) is 5.91 Å². The number of fused-ring (bicyclic) bond motifs is 2. The number of likely N-dealkylation sites (tertiary alicyclic amines) is 1. The molecule has 1 N–H and O–H groups in total. The van der Waals surface area contributed by atoms with E-state index in [0.29, 0.717) is 37.2 Å². The van der Waals surface area contributed by atoms with Gasteiger partial charge in [-0.15, -0.1) is 0 Å². The number of aliphatic hydroxyl groups is 1. The Hall–Kier alpha value is -1.33. The Balaban J connectivity index is 1.46. The van der Waals surface area contributed by atoms with Crippen molar-refractivity contribution in [2.45, 2.75) is 56.2 Å². The Kier molecular flexibility index (Phi) is 3.50. The van der Waals surface area contributed by atoms with E-state index in [9.17, 15) is 9.90 Å². The molecule has 0 aliphatic carbocycles. The second kappa shape index (κ2) is 5.39. The molecule has 0 saturated carbocycles. The molecule has 0 unspecified atom stereocenters. The van der Waals surface area contributed by atoms with Gasteiger partial charge in [0.05, 0.1) is 12.8 Å². The number of hydrogen-bond donors (Lipinski definition) is 1. The van der Waals surface area contributed by atoms with Gasteiger partial charge in [0.25, 0.3) is 0 Å². The molecule has 120 valence electrons. The molecule has 0 aromatic carbocycles. The number of piperidine rings is 1. The van der Waals surface area contributed by atoms with Crippen LogP contribution in [0.25, 0.3) is 0 Å². The summed E-state index contributed by atoms with van der Waals surface area (Å²) in [6, 6.07) is 4.28. The van der Waals surface area contributed by atoms with Crippen molar-refractivity contribution in [1.29, 1.82) is 0 Å². The number of carbonyl (C=O) groups is 1. The standard InChI is InChI=1S/C17H24N2O3/c20-16(18-7-1-2-8-18)12-19-13-5-6-14(19)11-17(21,10-13)15-4-3-9-22-15/h3-4,9,13-14,21H,1-2,5-8,10-12H2/t13-,14-/m0/s1. The smallest absolute Gasteiger partial charge is 0.236 e. The Morgan fingerprint density at radius 3 is 2.55 bits per heavy atom. The average molecular weight is 304 g/mol. The highest BCUT2D eigenvalue weighted by Crippen LogP contribution is 2.45. The largest absolute Gasteiger partial charge is 0.466 e. The minimum Gasteiger partial charge on any atom is -0.466 e. The molecule has 4 rings (SSSR count). The van der Waals surface area contributed by atoms with Crippen LogP contribution in [0.15, 0.2) is 22.8 Å². The summed E-state index contributed by atoms with van der Waals surface area (Å²) in [5.41, 5.74) is -0.859.